The van der Waals surface area contributed by atoms with Crippen LogP contribution in [0.5, 0.6) is 5.88 Å². The number of rotatable bonds is 5. The van der Waals surface area contributed by atoms with Gasteiger partial charge in [0.15, 0.2) is 6.61 Å². The summed E-state index contributed by atoms with van der Waals surface area (Å²) in [7, 11) is 0. The molecule has 1 aliphatic rings. The van der Waals surface area contributed by atoms with E-state index in [1.807, 2.05) is 13.0 Å². The van der Waals surface area contributed by atoms with Crippen molar-refractivity contribution in [1.82, 2.24) is 10.3 Å². The van der Waals surface area contributed by atoms with E-state index in [4.69, 9.17) is 9.47 Å². The number of ether oxygens (including phenoxy) is 2. The highest BCUT2D eigenvalue weighted by Gasteiger charge is 2.16. The summed E-state index contributed by atoms with van der Waals surface area (Å²) in [5.41, 5.74) is 1.06. The molecule has 1 amide bonds. The van der Waals surface area contributed by atoms with Gasteiger partial charge in [-0.1, -0.05) is 6.07 Å². The van der Waals surface area contributed by atoms with Crippen LogP contribution in [-0.4, -0.2) is 36.8 Å². The average Bonchev–Trinajstić information content (AvgIpc) is 2.89. The molecule has 1 aromatic rings. The van der Waals surface area contributed by atoms with E-state index in [0.717, 1.165) is 25.0 Å². The topological polar surface area (TPSA) is 60.5 Å². The molecule has 98 valence electrons. The highest BCUT2D eigenvalue weighted by atomic mass is 16.5. The van der Waals surface area contributed by atoms with Crippen molar-refractivity contribution in [3.05, 3.63) is 23.9 Å². The molecular formula is C13H18N2O3. The molecule has 0 aliphatic carbocycles. The maximum absolute atomic E-state index is 11.5. The molecule has 18 heavy (non-hydrogen) atoms. The van der Waals surface area contributed by atoms with E-state index in [-0.39, 0.29) is 18.6 Å². The summed E-state index contributed by atoms with van der Waals surface area (Å²) in [6, 6.07) is 3.65. The van der Waals surface area contributed by atoms with E-state index in [1.165, 1.54) is 0 Å². The van der Waals surface area contributed by atoms with Crippen molar-refractivity contribution in [2.75, 3.05) is 19.8 Å². The molecule has 5 heteroatoms. The maximum atomic E-state index is 11.5. The van der Waals surface area contributed by atoms with Crippen molar-refractivity contribution >= 4 is 5.91 Å². The van der Waals surface area contributed by atoms with Gasteiger partial charge in [0.05, 0.1) is 6.10 Å². The zero-order chi connectivity index (χ0) is 12.8. The summed E-state index contributed by atoms with van der Waals surface area (Å²) in [4.78, 5) is 15.6. The molecular weight excluding hydrogens is 232 g/mol. The Morgan fingerprint density at radius 1 is 1.61 bits per heavy atom. The quantitative estimate of drug-likeness (QED) is 0.849. The number of hydrogen-bond donors (Lipinski definition) is 1. The van der Waals surface area contributed by atoms with Crippen LogP contribution >= 0.6 is 0 Å². The first-order valence-corrected chi connectivity index (χ1v) is 6.18. The maximum Gasteiger partial charge on any atom is 0.258 e. The minimum atomic E-state index is -0.145. The second-order valence-electron chi connectivity index (χ2n) is 4.40. The lowest BCUT2D eigenvalue weighted by Gasteiger charge is -2.11. The van der Waals surface area contributed by atoms with Gasteiger partial charge in [-0.3, -0.25) is 4.79 Å². The minimum absolute atomic E-state index is 0.0111. The van der Waals surface area contributed by atoms with Crippen LogP contribution in [-0.2, 0) is 9.53 Å². The summed E-state index contributed by atoms with van der Waals surface area (Å²) in [5.74, 6) is 0.320. The number of hydrogen-bond acceptors (Lipinski definition) is 4. The summed E-state index contributed by atoms with van der Waals surface area (Å²) in [6.07, 6.45) is 3.95. The lowest BCUT2D eigenvalue weighted by molar-refractivity contribution is -0.123. The fourth-order valence-corrected chi connectivity index (χ4v) is 1.76. The Balaban J connectivity index is 1.66. The van der Waals surface area contributed by atoms with Crippen molar-refractivity contribution in [1.29, 1.82) is 0 Å². The molecule has 2 rings (SSSR count). The predicted octanol–water partition coefficient (Wildman–Crippen LogP) is 1.06. The monoisotopic (exact) mass is 250 g/mol. The molecule has 0 bridgehead atoms. The van der Waals surface area contributed by atoms with E-state index < -0.39 is 0 Å². The molecule has 0 saturated carbocycles. The van der Waals surface area contributed by atoms with Gasteiger partial charge in [-0.15, -0.1) is 0 Å². The van der Waals surface area contributed by atoms with E-state index in [0.29, 0.717) is 12.4 Å². The summed E-state index contributed by atoms with van der Waals surface area (Å²) in [6.45, 7) is 3.29. The fraction of sp³-hybridized carbons (Fsp3) is 0.538. The SMILES string of the molecule is Cc1ccc(OCC(=O)NCC2CCCO2)nc1. The van der Waals surface area contributed by atoms with Gasteiger partial charge in [0, 0.05) is 25.4 Å². The van der Waals surface area contributed by atoms with Crippen LogP contribution in [0.25, 0.3) is 0 Å². The van der Waals surface area contributed by atoms with Crippen LogP contribution in [0.1, 0.15) is 18.4 Å². The van der Waals surface area contributed by atoms with Crippen LogP contribution in [0.15, 0.2) is 18.3 Å². The summed E-state index contributed by atoms with van der Waals surface area (Å²) in [5, 5.41) is 2.79. The zero-order valence-corrected chi connectivity index (χ0v) is 10.5. The van der Waals surface area contributed by atoms with Gasteiger partial charge >= 0.3 is 0 Å². The average molecular weight is 250 g/mol. The largest absolute Gasteiger partial charge is 0.468 e. The van der Waals surface area contributed by atoms with E-state index in [2.05, 4.69) is 10.3 Å². The van der Waals surface area contributed by atoms with Gasteiger partial charge in [-0.2, -0.15) is 0 Å². The van der Waals surface area contributed by atoms with E-state index >= 15 is 0 Å². The van der Waals surface area contributed by atoms with Crippen molar-refractivity contribution in [2.24, 2.45) is 0 Å². The number of amides is 1. The van der Waals surface area contributed by atoms with Crippen LogP contribution in [0, 0.1) is 6.92 Å². The third-order valence-electron chi connectivity index (χ3n) is 2.79. The van der Waals surface area contributed by atoms with Gasteiger partial charge in [-0.05, 0) is 25.3 Å². The molecule has 0 aromatic carbocycles. The number of aryl methyl sites for hydroxylation is 1. The smallest absolute Gasteiger partial charge is 0.258 e. The molecule has 2 heterocycles. The Morgan fingerprint density at radius 3 is 3.17 bits per heavy atom. The van der Waals surface area contributed by atoms with Gasteiger partial charge in [0.2, 0.25) is 5.88 Å². The molecule has 1 saturated heterocycles. The lowest BCUT2D eigenvalue weighted by Crippen LogP contribution is -2.35. The molecule has 0 radical (unpaired) electrons. The van der Waals surface area contributed by atoms with Crippen molar-refractivity contribution in [3.8, 4) is 5.88 Å². The van der Waals surface area contributed by atoms with Gasteiger partial charge in [-0.25, -0.2) is 4.98 Å². The first kappa shape index (κ1) is 12.8. The Kier molecular flexibility index (Phi) is 4.52. The van der Waals surface area contributed by atoms with Gasteiger partial charge in [0.1, 0.15) is 0 Å². The van der Waals surface area contributed by atoms with E-state index in [9.17, 15) is 4.79 Å². The molecule has 1 aromatic heterocycles. The van der Waals surface area contributed by atoms with Crippen LogP contribution in [0.4, 0.5) is 0 Å². The van der Waals surface area contributed by atoms with Crippen molar-refractivity contribution in [3.63, 3.8) is 0 Å². The summed E-state index contributed by atoms with van der Waals surface area (Å²) >= 11 is 0. The summed E-state index contributed by atoms with van der Waals surface area (Å²) < 4.78 is 10.7. The Morgan fingerprint density at radius 2 is 2.50 bits per heavy atom. The number of aromatic nitrogens is 1. The molecule has 1 atom stereocenters. The Bertz CT molecular complexity index is 386. The molecule has 1 N–H and O–H groups in total. The molecule has 1 unspecified atom stereocenters. The number of pyridine rings is 1. The highest BCUT2D eigenvalue weighted by Crippen LogP contribution is 2.10. The molecule has 1 fully saturated rings. The van der Waals surface area contributed by atoms with Crippen molar-refractivity contribution in [2.45, 2.75) is 25.9 Å². The first-order valence-electron chi connectivity index (χ1n) is 6.18. The van der Waals surface area contributed by atoms with E-state index in [1.54, 1.807) is 12.3 Å². The van der Waals surface area contributed by atoms with Gasteiger partial charge in [0.25, 0.3) is 5.91 Å². The predicted molar refractivity (Wildman–Crippen MR) is 66.5 cm³/mol. The Hall–Kier alpha value is -1.62. The first-order chi connectivity index (χ1) is 8.74. The standard InChI is InChI=1S/C13H18N2O3/c1-10-4-5-13(15-7-10)18-9-12(16)14-8-11-3-2-6-17-11/h4-5,7,11H,2-3,6,8-9H2,1H3,(H,14,16). The molecule has 1 aliphatic heterocycles. The van der Waals surface area contributed by atoms with Crippen LogP contribution in [0.3, 0.4) is 0 Å². The highest BCUT2D eigenvalue weighted by molar-refractivity contribution is 5.77. The number of nitrogens with one attached hydrogen (secondary N) is 1. The van der Waals surface area contributed by atoms with Gasteiger partial charge < -0.3 is 14.8 Å². The van der Waals surface area contributed by atoms with Crippen molar-refractivity contribution < 1.29 is 14.3 Å². The second kappa shape index (κ2) is 6.35. The van der Waals surface area contributed by atoms with Crippen LogP contribution < -0.4 is 10.1 Å². The molecule has 0 spiro atoms. The number of nitrogens with zero attached hydrogens (tertiary/aromatic N) is 1. The second-order valence-corrected chi connectivity index (χ2v) is 4.40. The normalized spacial score (nSPS) is 18.6. The number of carbonyl (C=O) groups excluding carboxylic acids is 1. The lowest BCUT2D eigenvalue weighted by atomic mass is 10.2. The van der Waals surface area contributed by atoms with Crippen LogP contribution in [0.2, 0.25) is 0 Å². The minimum Gasteiger partial charge on any atom is -0.468 e. The third-order valence-corrected chi connectivity index (χ3v) is 2.79. The third kappa shape index (κ3) is 4.00. The Labute approximate surface area is 107 Å². The number of carbonyl (C=O) groups is 1. The fourth-order valence-electron chi connectivity index (χ4n) is 1.76. The molecule has 5 nitrogen and oxygen atoms in total. The zero-order valence-electron chi connectivity index (χ0n) is 10.5.